The predicted molar refractivity (Wildman–Crippen MR) is 131 cm³/mol. The molecule has 0 saturated carbocycles. The summed E-state index contributed by atoms with van der Waals surface area (Å²) in [6.07, 6.45) is 1.76. The minimum atomic E-state index is -0.196. The third kappa shape index (κ3) is 4.09. The Labute approximate surface area is 197 Å². The molecule has 0 atom stereocenters. The van der Waals surface area contributed by atoms with Gasteiger partial charge in [0, 0.05) is 23.1 Å². The Kier molecular flexibility index (Phi) is 5.70. The summed E-state index contributed by atoms with van der Waals surface area (Å²) in [5.41, 5.74) is 3.13. The first-order chi connectivity index (χ1) is 16.7. The molecule has 1 aliphatic heterocycles. The maximum atomic E-state index is 13.7. The van der Waals surface area contributed by atoms with Gasteiger partial charge in [-0.3, -0.25) is 4.90 Å². The number of benzene rings is 3. The Balaban J connectivity index is 1.53. The lowest BCUT2D eigenvalue weighted by atomic mass is 10.1. The molecule has 0 aliphatic carbocycles. The largest absolute Gasteiger partial charge is 0.497 e. The fourth-order valence-corrected chi connectivity index (χ4v) is 3.79. The average molecular weight is 454 g/mol. The van der Waals surface area contributed by atoms with Gasteiger partial charge in [-0.05, 0) is 60.7 Å². The zero-order valence-electron chi connectivity index (χ0n) is 18.8. The summed E-state index contributed by atoms with van der Waals surface area (Å²) in [4.78, 5) is 26.2. The highest BCUT2D eigenvalue weighted by Crippen LogP contribution is 2.36. The van der Waals surface area contributed by atoms with Crippen LogP contribution in [0.15, 0.2) is 85.1 Å². The van der Waals surface area contributed by atoms with Crippen molar-refractivity contribution in [1.82, 2.24) is 9.97 Å². The van der Waals surface area contributed by atoms with Crippen LogP contribution in [-0.2, 0) is 6.54 Å². The van der Waals surface area contributed by atoms with E-state index in [9.17, 15) is 4.79 Å². The van der Waals surface area contributed by atoms with E-state index in [1.165, 1.54) is 0 Å². The highest BCUT2D eigenvalue weighted by atomic mass is 16.5. The van der Waals surface area contributed by atoms with E-state index in [1.807, 2.05) is 78.9 Å². The number of aromatic nitrogens is 2. The van der Waals surface area contributed by atoms with E-state index in [-0.39, 0.29) is 6.03 Å². The number of rotatable bonds is 6. The van der Waals surface area contributed by atoms with E-state index in [2.05, 4.69) is 10.3 Å². The molecule has 0 fully saturated rings. The smallest absolute Gasteiger partial charge is 0.335 e. The number of nitrogens with zero attached hydrogens (tertiary/aromatic N) is 4. The highest BCUT2D eigenvalue weighted by Gasteiger charge is 2.34. The summed E-state index contributed by atoms with van der Waals surface area (Å²) in [6, 6.07) is 24.2. The van der Waals surface area contributed by atoms with E-state index in [0.29, 0.717) is 18.3 Å². The molecule has 4 aromatic rings. The molecule has 0 unspecified atom stereocenters. The third-order valence-corrected chi connectivity index (χ3v) is 5.55. The Bertz CT molecular complexity index is 1290. The molecule has 1 aliphatic rings. The summed E-state index contributed by atoms with van der Waals surface area (Å²) in [7, 11) is 3.24. The SMILES string of the molecule is COc1ccc(Nc2ncc3c(n2)N(c2ccccc2)C(=O)N(c2ccc(OC)cc2)C3)cc1. The Morgan fingerprint density at radius 1 is 0.824 bits per heavy atom. The number of carbonyl (C=O) groups excluding carboxylic acids is 1. The van der Waals surface area contributed by atoms with Gasteiger partial charge in [0.15, 0.2) is 5.82 Å². The topological polar surface area (TPSA) is 79.8 Å². The third-order valence-electron chi connectivity index (χ3n) is 5.55. The quantitative estimate of drug-likeness (QED) is 0.414. The second-order valence-electron chi connectivity index (χ2n) is 7.63. The number of para-hydroxylation sites is 1. The van der Waals surface area contributed by atoms with Gasteiger partial charge >= 0.3 is 6.03 Å². The number of hydrogen-bond donors (Lipinski definition) is 1. The van der Waals surface area contributed by atoms with Crippen molar-refractivity contribution in [2.24, 2.45) is 0 Å². The number of amides is 2. The second-order valence-corrected chi connectivity index (χ2v) is 7.63. The first kappa shape index (κ1) is 21.3. The molecule has 1 N–H and O–H groups in total. The summed E-state index contributed by atoms with van der Waals surface area (Å²) in [5, 5.41) is 3.20. The lowest BCUT2D eigenvalue weighted by molar-refractivity contribution is 0.252. The van der Waals surface area contributed by atoms with Gasteiger partial charge in [-0.25, -0.2) is 14.7 Å². The zero-order valence-corrected chi connectivity index (χ0v) is 18.8. The lowest BCUT2D eigenvalue weighted by Gasteiger charge is -2.36. The maximum absolute atomic E-state index is 13.7. The van der Waals surface area contributed by atoms with Crippen LogP contribution in [0.1, 0.15) is 5.56 Å². The number of hydrogen-bond acceptors (Lipinski definition) is 6. The first-order valence-corrected chi connectivity index (χ1v) is 10.7. The van der Waals surface area contributed by atoms with Crippen molar-refractivity contribution < 1.29 is 14.3 Å². The Hall–Kier alpha value is -4.59. The van der Waals surface area contributed by atoms with Crippen LogP contribution in [0.5, 0.6) is 11.5 Å². The van der Waals surface area contributed by atoms with Gasteiger partial charge in [-0.1, -0.05) is 18.2 Å². The minimum Gasteiger partial charge on any atom is -0.497 e. The van der Waals surface area contributed by atoms with Gasteiger partial charge in [0.2, 0.25) is 5.95 Å². The van der Waals surface area contributed by atoms with Crippen LogP contribution < -0.4 is 24.6 Å². The van der Waals surface area contributed by atoms with Crippen LogP contribution in [0, 0.1) is 0 Å². The molecule has 2 heterocycles. The van der Waals surface area contributed by atoms with E-state index < -0.39 is 0 Å². The van der Waals surface area contributed by atoms with Crippen LogP contribution >= 0.6 is 0 Å². The average Bonchev–Trinajstić information content (AvgIpc) is 2.89. The normalized spacial score (nSPS) is 12.8. The number of anilines is 5. The van der Waals surface area contributed by atoms with Gasteiger partial charge in [-0.2, -0.15) is 4.98 Å². The summed E-state index contributed by atoms with van der Waals surface area (Å²) < 4.78 is 10.5. The molecule has 0 saturated heterocycles. The number of fused-ring (bicyclic) bond motifs is 1. The number of ether oxygens (including phenoxy) is 2. The summed E-state index contributed by atoms with van der Waals surface area (Å²) in [5.74, 6) is 2.44. The standard InChI is InChI=1S/C26H23N5O3/c1-33-22-12-8-19(9-13-22)28-25-27-16-18-17-30(20-10-14-23(34-2)15-11-20)26(32)31(24(18)29-25)21-6-4-3-5-7-21/h3-16H,17H2,1-2H3,(H,27,28,29). The first-order valence-electron chi connectivity index (χ1n) is 10.7. The number of nitrogens with one attached hydrogen (secondary N) is 1. The van der Waals surface area contributed by atoms with Crippen molar-refractivity contribution in [2.75, 3.05) is 29.3 Å². The number of urea groups is 1. The fraction of sp³-hybridized carbons (Fsp3) is 0.115. The monoisotopic (exact) mass is 453 g/mol. The molecule has 8 nitrogen and oxygen atoms in total. The van der Waals surface area contributed by atoms with Gasteiger partial charge in [0.1, 0.15) is 11.5 Å². The van der Waals surface area contributed by atoms with Crippen molar-refractivity contribution in [1.29, 1.82) is 0 Å². The van der Waals surface area contributed by atoms with E-state index >= 15 is 0 Å². The van der Waals surface area contributed by atoms with Gasteiger partial charge < -0.3 is 14.8 Å². The van der Waals surface area contributed by atoms with Gasteiger partial charge in [0.05, 0.1) is 26.5 Å². The van der Waals surface area contributed by atoms with Crippen molar-refractivity contribution in [3.8, 4) is 11.5 Å². The molecule has 2 amide bonds. The molecule has 0 bridgehead atoms. The minimum absolute atomic E-state index is 0.196. The van der Waals surface area contributed by atoms with Crippen LogP contribution in [-0.4, -0.2) is 30.2 Å². The van der Waals surface area contributed by atoms with Gasteiger partial charge in [0.25, 0.3) is 0 Å². The Morgan fingerprint density at radius 3 is 2.12 bits per heavy atom. The van der Waals surface area contributed by atoms with Crippen LogP contribution in [0.4, 0.5) is 33.6 Å². The molecule has 0 radical (unpaired) electrons. The van der Waals surface area contributed by atoms with E-state index in [1.54, 1.807) is 30.2 Å². The summed E-state index contributed by atoms with van der Waals surface area (Å²) in [6.45, 7) is 0.354. The van der Waals surface area contributed by atoms with Crippen LogP contribution in [0.3, 0.4) is 0 Å². The molecule has 3 aromatic carbocycles. The molecular weight excluding hydrogens is 430 g/mol. The van der Waals surface area contributed by atoms with Crippen molar-refractivity contribution in [2.45, 2.75) is 6.54 Å². The Morgan fingerprint density at radius 2 is 1.47 bits per heavy atom. The molecule has 170 valence electrons. The number of methoxy groups -OCH3 is 2. The van der Waals surface area contributed by atoms with Crippen LogP contribution in [0.2, 0.25) is 0 Å². The number of carbonyl (C=O) groups is 1. The van der Waals surface area contributed by atoms with Crippen LogP contribution in [0.25, 0.3) is 0 Å². The van der Waals surface area contributed by atoms with Gasteiger partial charge in [-0.15, -0.1) is 0 Å². The van der Waals surface area contributed by atoms with Crippen molar-refractivity contribution >= 4 is 34.9 Å². The van der Waals surface area contributed by atoms with Crippen molar-refractivity contribution in [3.63, 3.8) is 0 Å². The van der Waals surface area contributed by atoms with Crippen molar-refractivity contribution in [3.05, 3.63) is 90.6 Å². The molecule has 0 spiro atoms. The van der Waals surface area contributed by atoms with E-state index in [4.69, 9.17) is 14.5 Å². The lowest BCUT2D eigenvalue weighted by Crippen LogP contribution is -2.45. The molecule has 5 rings (SSSR count). The fourth-order valence-electron chi connectivity index (χ4n) is 3.79. The molecule has 8 heteroatoms. The summed E-state index contributed by atoms with van der Waals surface area (Å²) >= 11 is 0. The predicted octanol–water partition coefficient (Wildman–Crippen LogP) is 5.52. The molecule has 1 aromatic heterocycles. The molecule has 34 heavy (non-hydrogen) atoms. The zero-order chi connectivity index (χ0) is 23.5. The second kappa shape index (κ2) is 9.11. The molecular formula is C26H23N5O3. The highest BCUT2D eigenvalue weighted by molar-refractivity contribution is 6.10. The maximum Gasteiger partial charge on any atom is 0.335 e. The van der Waals surface area contributed by atoms with E-state index in [0.717, 1.165) is 34.1 Å².